The summed E-state index contributed by atoms with van der Waals surface area (Å²) >= 11 is 0. The maximum absolute atomic E-state index is 12.6. The number of ketones is 1. The first-order valence-corrected chi connectivity index (χ1v) is 8.36. The van der Waals surface area contributed by atoms with Gasteiger partial charge in [0.1, 0.15) is 5.65 Å². The van der Waals surface area contributed by atoms with Crippen LogP contribution in [0.3, 0.4) is 0 Å². The van der Waals surface area contributed by atoms with Gasteiger partial charge >= 0.3 is 15.6 Å². The van der Waals surface area contributed by atoms with E-state index in [9.17, 15) is 26.4 Å². The molecule has 0 unspecified atom stereocenters. The van der Waals surface area contributed by atoms with Crippen molar-refractivity contribution in [3.8, 4) is 5.88 Å². The van der Waals surface area contributed by atoms with Gasteiger partial charge in [0.05, 0.1) is 0 Å². The van der Waals surface area contributed by atoms with E-state index in [1.807, 2.05) is 0 Å². The van der Waals surface area contributed by atoms with Gasteiger partial charge in [-0.15, -0.1) is 0 Å². The molecule has 0 aliphatic carbocycles. The maximum Gasteiger partial charge on any atom is 0.534 e. The van der Waals surface area contributed by atoms with Crippen LogP contribution in [-0.2, 0) is 10.1 Å². The minimum absolute atomic E-state index is 0.0457. The summed E-state index contributed by atoms with van der Waals surface area (Å²) in [6.45, 7) is 2.96. The van der Waals surface area contributed by atoms with E-state index in [0.717, 1.165) is 0 Å². The molecule has 0 fully saturated rings. The smallest absolute Gasteiger partial charge is 0.354 e. The number of hydrogen-bond donors (Lipinski definition) is 1. The molecule has 3 aromatic rings. The molecule has 1 N–H and O–H groups in total. The van der Waals surface area contributed by atoms with Crippen molar-refractivity contribution in [1.29, 1.82) is 0 Å². The van der Waals surface area contributed by atoms with Gasteiger partial charge in [0, 0.05) is 22.0 Å². The average Bonchev–Trinajstić information content (AvgIpc) is 2.82. The third kappa shape index (κ3) is 2.72. The predicted octanol–water partition coefficient (Wildman–Crippen LogP) is 3.46. The van der Waals surface area contributed by atoms with Gasteiger partial charge in [-0.25, -0.2) is 0 Å². The number of fused-ring (bicyclic) bond motifs is 3. The van der Waals surface area contributed by atoms with E-state index in [0.29, 0.717) is 22.0 Å². The summed E-state index contributed by atoms with van der Waals surface area (Å²) in [6, 6.07) is 6.02. The van der Waals surface area contributed by atoms with Crippen LogP contribution in [0.15, 0.2) is 24.3 Å². The molecule has 10 heteroatoms. The Labute approximate surface area is 139 Å². The Balaban J connectivity index is 2.37. The minimum atomic E-state index is -5.87. The zero-order valence-corrected chi connectivity index (χ0v) is 13.7. The van der Waals surface area contributed by atoms with Gasteiger partial charge in [0.2, 0.25) is 5.88 Å². The van der Waals surface area contributed by atoms with Crippen molar-refractivity contribution in [3.05, 3.63) is 35.5 Å². The molecule has 3 rings (SSSR count). The van der Waals surface area contributed by atoms with Crippen LogP contribution in [0.25, 0.3) is 21.8 Å². The molecular formula is C15H11F3N2O4S. The molecule has 25 heavy (non-hydrogen) atoms. The van der Waals surface area contributed by atoms with Gasteiger partial charge in [-0.05, 0) is 25.3 Å². The number of alkyl halides is 3. The van der Waals surface area contributed by atoms with E-state index in [4.69, 9.17) is 0 Å². The number of nitrogens with one attached hydrogen (secondary N) is 1. The first-order chi connectivity index (χ1) is 11.5. The predicted molar refractivity (Wildman–Crippen MR) is 83.9 cm³/mol. The first kappa shape index (κ1) is 17.2. The Hall–Kier alpha value is -2.62. The van der Waals surface area contributed by atoms with Crippen LogP contribution in [0.2, 0.25) is 0 Å². The van der Waals surface area contributed by atoms with Crippen molar-refractivity contribution in [1.82, 2.24) is 9.97 Å². The van der Waals surface area contributed by atoms with E-state index in [-0.39, 0.29) is 16.8 Å². The SMILES string of the molecule is CC(=O)c1c(C)[nH]c2nc(OS(=O)(=O)C(F)(F)F)c3ccccc3c12. The fourth-order valence-electron chi connectivity index (χ4n) is 2.66. The highest BCUT2D eigenvalue weighted by atomic mass is 32.2. The fourth-order valence-corrected chi connectivity index (χ4v) is 3.09. The largest absolute Gasteiger partial charge is 0.534 e. The van der Waals surface area contributed by atoms with Crippen molar-refractivity contribution in [2.75, 3.05) is 0 Å². The Kier molecular flexibility index (Phi) is 3.75. The summed E-state index contributed by atoms with van der Waals surface area (Å²) in [7, 11) is -5.87. The monoisotopic (exact) mass is 372 g/mol. The van der Waals surface area contributed by atoms with Crippen molar-refractivity contribution in [2.45, 2.75) is 19.4 Å². The topological polar surface area (TPSA) is 89.1 Å². The molecule has 0 atom stereocenters. The number of aromatic amines is 1. The van der Waals surface area contributed by atoms with Gasteiger partial charge in [0.25, 0.3) is 0 Å². The molecule has 0 radical (unpaired) electrons. The summed E-state index contributed by atoms with van der Waals surface area (Å²) < 4.78 is 64.7. The molecule has 0 spiro atoms. The van der Waals surface area contributed by atoms with E-state index in [1.165, 1.54) is 19.1 Å². The van der Waals surface area contributed by atoms with Gasteiger partial charge in [-0.2, -0.15) is 26.6 Å². The van der Waals surface area contributed by atoms with Crippen LogP contribution in [0.4, 0.5) is 13.2 Å². The average molecular weight is 372 g/mol. The molecule has 0 aliphatic rings. The number of rotatable bonds is 3. The van der Waals surface area contributed by atoms with Crippen LogP contribution in [-0.4, -0.2) is 29.7 Å². The summed E-state index contributed by atoms with van der Waals surface area (Å²) in [6.07, 6.45) is 0. The number of Topliss-reactive ketones (excluding diaryl/α,β-unsaturated/α-hetero) is 1. The van der Waals surface area contributed by atoms with Gasteiger partial charge in [-0.3, -0.25) is 4.79 Å². The Morgan fingerprint density at radius 1 is 1.20 bits per heavy atom. The standard InChI is InChI=1S/C15H11F3N2O4S/c1-7-11(8(2)21)12-9-5-3-4-6-10(9)14(20-13(12)19-7)24-25(22,23)15(16,17)18/h3-6H,1-2H3,(H,19,20). The van der Waals surface area contributed by atoms with E-state index >= 15 is 0 Å². The van der Waals surface area contributed by atoms with Crippen molar-refractivity contribution < 1.29 is 30.6 Å². The molecule has 0 aliphatic heterocycles. The van der Waals surface area contributed by atoms with E-state index < -0.39 is 21.5 Å². The van der Waals surface area contributed by atoms with E-state index in [1.54, 1.807) is 19.1 Å². The van der Waals surface area contributed by atoms with Crippen molar-refractivity contribution in [3.63, 3.8) is 0 Å². The van der Waals surface area contributed by atoms with Crippen LogP contribution in [0, 0.1) is 6.92 Å². The number of halogens is 3. The van der Waals surface area contributed by atoms with Gasteiger partial charge in [-0.1, -0.05) is 18.2 Å². The molecule has 0 amide bonds. The summed E-state index contributed by atoms with van der Waals surface area (Å²) in [5.41, 5.74) is -4.71. The lowest BCUT2D eigenvalue weighted by Gasteiger charge is -2.11. The number of aromatic nitrogens is 2. The number of pyridine rings is 1. The Bertz CT molecular complexity index is 1120. The minimum Gasteiger partial charge on any atom is -0.354 e. The number of carbonyl (C=O) groups excluding carboxylic acids is 1. The summed E-state index contributed by atoms with van der Waals surface area (Å²) in [4.78, 5) is 18.5. The van der Waals surface area contributed by atoms with Crippen LogP contribution >= 0.6 is 0 Å². The lowest BCUT2D eigenvalue weighted by molar-refractivity contribution is -0.0500. The fraction of sp³-hybridized carbons (Fsp3) is 0.200. The number of carbonyl (C=O) groups is 1. The number of nitrogens with zero attached hydrogens (tertiary/aromatic N) is 1. The molecule has 0 saturated heterocycles. The third-order valence-corrected chi connectivity index (χ3v) is 4.58. The number of aryl methyl sites for hydroxylation is 1. The summed E-state index contributed by atoms with van der Waals surface area (Å²) in [5, 5.41) is 0.802. The highest BCUT2D eigenvalue weighted by Gasteiger charge is 2.49. The molecule has 0 bridgehead atoms. The Morgan fingerprint density at radius 3 is 2.36 bits per heavy atom. The molecule has 2 aromatic heterocycles. The molecule has 132 valence electrons. The third-order valence-electron chi connectivity index (χ3n) is 3.63. The lowest BCUT2D eigenvalue weighted by Crippen LogP contribution is -2.28. The second-order valence-electron chi connectivity index (χ2n) is 5.35. The second-order valence-corrected chi connectivity index (χ2v) is 6.89. The molecule has 2 heterocycles. The van der Waals surface area contributed by atoms with Gasteiger partial charge < -0.3 is 9.17 Å². The molecule has 1 aromatic carbocycles. The zero-order chi connectivity index (χ0) is 18.6. The zero-order valence-electron chi connectivity index (χ0n) is 12.9. The van der Waals surface area contributed by atoms with Crippen LogP contribution in [0.1, 0.15) is 23.0 Å². The van der Waals surface area contributed by atoms with Gasteiger partial charge in [0.15, 0.2) is 5.78 Å². The first-order valence-electron chi connectivity index (χ1n) is 6.95. The molecular weight excluding hydrogens is 361 g/mol. The van der Waals surface area contributed by atoms with Crippen molar-refractivity contribution in [2.24, 2.45) is 0 Å². The quantitative estimate of drug-likeness (QED) is 0.432. The van der Waals surface area contributed by atoms with Crippen LogP contribution in [0.5, 0.6) is 5.88 Å². The lowest BCUT2D eigenvalue weighted by atomic mass is 10.0. The molecule has 0 saturated carbocycles. The second kappa shape index (κ2) is 5.45. The molecule has 6 nitrogen and oxygen atoms in total. The van der Waals surface area contributed by atoms with Crippen molar-refractivity contribution >= 4 is 37.7 Å². The number of hydrogen-bond acceptors (Lipinski definition) is 5. The summed E-state index contributed by atoms with van der Waals surface area (Å²) in [5.74, 6) is -0.968. The van der Waals surface area contributed by atoms with E-state index in [2.05, 4.69) is 14.2 Å². The highest BCUT2D eigenvalue weighted by molar-refractivity contribution is 7.88. The highest BCUT2D eigenvalue weighted by Crippen LogP contribution is 2.36. The normalized spacial score (nSPS) is 12.7. The Morgan fingerprint density at radius 2 is 1.80 bits per heavy atom. The number of benzene rings is 1. The maximum atomic E-state index is 12.6. The van der Waals surface area contributed by atoms with Crippen LogP contribution < -0.4 is 4.18 Å². The number of H-pyrrole nitrogens is 1.